The van der Waals surface area contributed by atoms with Crippen molar-refractivity contribution in [3.63, 3.8) is 0 Å². The zero-order valence-electron chi connectivity index (χ0n) is 4.98. The van der Waals surface area contributed by atoms with Gasteiger partial charge in [0.1, 0.15) is 0 Å². The van der Waals surface area contributed by atoms with Crippen LogP contribution in [0.1, 0.15) is 6.42 Å². The van der Waals surface area contributed by atoms with Gasteiger partial charge in [-0.2, -0.15) is 0 Å². The minimum Gasteiger partial charge on any atom is -0.330 e. The maximum Gasteiger partial charge on any atom is 0.0141 e. The molecule has 0 radical (unpaired) electrons. The molecule has 0 saturated carbocycles. The molecule has 1 aliphatic heterocycles. The molecule has 3 nitrogen and oxygen atoms in total. The topological polar surface area (TPSA) is 50.1 Å². The molecule has 1 saturated heterocycles. The second kappa shape index (κ2) is 3.02. The minimum atomic E-state index is 0.691. The predicted molar refractivity (Wildman–Crippen MR) is 33.2 cm³/mol. The van der Waals surface area contributed by atoms with Gasteiger partial charge in [-0.3, -0.25) is 10.9 Å². The highest BCUT2D eigenvalue weighted by Crippen LogP contribution is 1.99. The summed E-state index contributed by atoms with van der Waals surface area (Å²) in [6, 6.07) is 0. The van der Waals surface area contributed by atoms with Crippen molar-refractivity contribution in [2.75, 3.05) is 19.6 Å². The van der Waals surface area contributed by atoms with Crippen LogP contribution in [0, 0.1) is 5.92 Å². The van der Waals surface area contributed by atoms with E-state index < -0.39 is 0 Å². The summed E-state index contributed by atoms with van der Waals surface area (Å²) in [5.74, 6) is 0.691. The quantitative estimate of drug-likeness (QED) is 0.413. The minimum absolute atomic E-state index is 0.691. The van der Waals surface area contributed by atoms with Gasteiger partial charge in [0.25, 0.3) is 0 Å². The van der Waals surface area contributed by atoms with Crippen molar-refractivity contribution in [2.45, 2.75) is 6.42 Å². The smallest absolute Gasteiger partial charge is 0.0141 e. The van der Waals surface area contributed by atoms with Crippen molar-refractivity contribution < 1.29 is 0 Å². The molecule has 1 aliphatic rings. The number of nitrogens with one attached hydrogen (secondary N) is 2. The molecule has 3 heteroatoms. The monoisotopic (exact) mass is 115 g/mol. The van der Waals surface area contributed by atoms with Crippen LogP contribution in [0.3, 0.4) is 0 Å². The molecule has 1 rings (SSSR count). The van der Waals surface area contributed by atoms with E-state index in [1.54, 1.807) is 0 Å². The van der Waals surface area contributed by atoms with Crippen LogP contribution in [0.2, 0.25) is 0 Å². The van der Waals surface area contributed by atoms with Crippen LogP contribution in [-0.2, 0) is 0 Å². The summed E-state index contributed by atoms with van der Waals surface area (Å²) in [5, 5.41) is 0. The number of nitrogens with two attached hydrogens (primary N) is 1. The predicted octanol–water partition coefficient (Wildman–Crippen LogP) is -0.941. The summed E-state index contributed by atoms with van der Waals surface area (Å²) in [6.45, 7) is 2.90. The highest BCUT2D eigenvalue weighted by molar-refractivity contribution is 4.66. The number of hydrazine groups is 1. The van der Waals surface area contributed by atoms with Gasteiger partial charge in [-0.1, -0.05) is 0 Å². The Hall–Kier alpha value is -0.120. The third-order valence-corrected chi connectivity index (χ3v) is 1.53. The van der Waals surface area contributed by atoms with Crippen molar-refractivity contribution in [3.05, 3.63) is 0 Å². The Morgan fingerprint density at radius 2 is 2.38 bits per heavy atom. The Morgan fingerprint density at radius 3 is 2.75 bits per heavy atom. The SMILES string of the molecule is NCC1CCNNC1. The van der Waals surface area contributed by atoms with Crippen LogP contribution in [0.5, 0.6) is 0 Å². The first-order chi connectivity index (χ1) is 3.93. The molecule has 0 amide bonds. The highest BCUT2D eigenvalue weighted by atomic mass is 15.4. The molecular weight excluding hydrogens is 102 g/mol. The Morgan fingerprint density at radius 1 is 1.50 bits per heavy atom. The molecular formula is C5H13N3. The highest BCUT2D eigenvalue weighted by Gasteiger charge is 2.08. The lowest BCUT2D eigenvalue weighted by molar-refractivity contribution is 0.342. The molecule has 0 spiro atoms. The lowest BCUT2D eigenvalue weighted by atomic mass is 10.1. The lowest BCUT2D eigenvalue weighted by Crippen LogP contribution is -2.44. The van der Waals surface area contributed by atoms with Crippen LogP contribution < -0.4 is 16.6 Å². The van der Waals surface area contributed by atoms with E-state index in [2.05, 4.69) is 10.9 Å². The molecule has 4 N–H and O–H groups in total. The molecule has 1 unspecified atom stereocenters. The zero-order chi connectivity index (χ0) is 5.82. The van der Waals surface area contributed by atoms with Gasteiger partial charge in [-0.25, -0.2) is 0 Å². The summed E-state index contributed by atoms with van der Waals surface area (Å²) in [4.78, 5) is 0. The summed E-state index contributed by atoms with van der Waals surface area (Å²) in [7, 11) is 0. The summed E-state index contributed by atoms with van der Waals surface area (Å²) in [6.07, 6.45) is 1.21. The summed E-state index contributed by atoms with van der Waals surface area (Å²) < 4.78 is 0. The molecule has 1 atom stereocenters. The van der Waals surface area contributed by atoms with Gasteiger partial charge < -0.3 is 5.73 Å². The van der Waals surface area contributed by atoms with Crippen molar-refractivity contribution in [2.24, 2.45) is 11.7 Å². The standard InChI is InChI=1S/C5H13N3/c6-3-5-1-2-7-8-4-5/h5,7-8H,1-4,6H2. The number of hydrogen-bond donors (Lipinski definition) is 3. The Kier molecular flexibility index (Phi) is 2.27. The first kappa shape index (κ1) is 6.01. The maximum atomic E-state index is 5.44. The summed E-state index contributed by atoms with van der Waals surface area (Å²) >= 11 is 0. The lowest BCUT2D eigenvalue weighted by Gasteiger charge is -2.21. The third-order valence-electron chi connectivity index (χ3n) is 1.53. The fraction of sp³-hybridized carbons (Fsp3) is 1.00. The summed E-state index contributed by atoms with van der Waals surface area (Å²) in [5.41, 5.74) is 11.5. The van der Waals surface area contributed by atoms with E-state index in [0.717, 1.165) is 19.6 Å². The molecule has 1 fully saturated rings. The molecule has 0 aromatic carbocycles. The first-order valence-electron chi connectivity index (χ1n) is 3.09. The second-order valence-electron chi connectivity index (χ2n) is 2.20. The Balaban J connectivity index is 2.13. The molecule has 8 heavy (non-hydrogen) atoms. The molecule has 0 bridgehead atoms. The molecule has 0 aromatic heterocycles. The second-order valence-corrected chi connectivity index (χ2v) is 2.20. The van der Waals surface area contributed by atoms with Crippen LogP contribution in [0.15, 0.2) is 0 Å². The van der Waals surface area contributed by atoms with Gasteiger partial charge in [-0.05, 0) is 18.9 Å². The van der Waals surface area contributed by atoms with Gasteiger partial charge in [0, 0.05) is 13.1 Å². The van der Waals surface area contributed by atoms with Crippen LogP contribution in [-0.4, -0.2) is 19.6 Å². The van der Waals surface area contributed by atoms with Crippen molar-refractivity contribution in [3.8, 4) is 0 Å². The van der Waals surface area contributed by atoms with Crippen LogP contribution in [0.25, 0.3) is 0 Å². The van der Waals surface area contributed by atoms with Crippen molar-refractivity contribution in [1.29, 1.82) is 0 Å². The van der Waals surface area contributed by atoms with E-state index in [4.69, 9.17) is 5.73 Å². The van der Waals surface area contributed by atoms with E-state index in [-0.39, 0.29) is 0 Å². The van der Waals surface area contributed by atoms with E-state index in [1.807, 2.05) is 0 Å². The van der Waals surface area contributed by atoms with E-state index in [9.17, 15) is 0 Å². The third kappa shape index (κ3) is 1.43. The van der Waals surface area contributed by atoms with E-state index in [0.29, 0.717) is 5.92 Å². The molecule has 0 aromatic rings. The van der Waals surface area contributed by atoms with Crippen molar-refractivity contribution in [1.82, 2.24) is 10.9 Å². The molecule has 48 valence electrons. The molecule has 1 heterocycles. The average Bonchev–Trinajstić information content (AvgIpc) is 1.90. The van der Waals surface area contributed by atoms with E-state index in [1.165, 1.54) is 6.42 Å². The van der Waals surface area contributed by atoms with Gasteiger partial charge in [0.15, 0.2) is 0 Å². The fourth-order valence-corrected chi connectivity index (χ4v) is 0.884. The van der Waals surface area contributed by atoms with Gasteiger partial charge >= 0.3 is 0 Å². The van der Waals surface area contributed by atoms with Gasteiger partial charge in [0.2, 0.25) is 0 Å². The average molecular weight is 115 g/mol. The molecule has 0 aliphatic carbocycles. The Bertz CT molecular complexity index is 58.7. The number of hydrogen-bond acceptors (Lipinski definition) is 3. The van der Waals surface area contributed by atoms with Gasteiger partial charge in [0.05, 0.1) is 0 Å². The van der Waals surface area contributed by atoms with Gasteiger partial charge in [-0.15, -0.1) is 0 Å². The van der Waals surface area contributed by atoms with Crippen LogP contribution in [0.4, 0.5) is 0 Å². The normalized spacial score (nSPS) is 30.4. The fourth-order valence-electron chi connectivity index (χ4n) is 0.884. The number of rotatable bonds is 1. The maximum absolute atomic E-state index is 5.44. The van der Waals surface area contributed by atoms with E-state index >= 15 is 0 Å². The largest absolute Gasteiger partial charge is 0.330 e. The Labute approximate surface area is 49.6 Å². The first-order valence-corrected chi connectivity index (χ1v) is 3.09. The zero-order valence-corrected chi connectivity index (χ0v) is 4.98. The van der Waals surface area contributed by atoms with Crippen LogP contribution >= 0.6 is 0 Å². The van der Waals surface area contributed by atoms with Crippen molar-refractivity contribution >= 4 is 0 Å².